The second-order valence-corrected chi connectivity index (χ2v) is 14.9. The fourth-order valence-corrected chi connectivity index (χ4v) is 9.13. The summed E-state index contributed by atoms with van der Waals surface area (Å²) in [6.07, 6.45) is 1.80. The number of hydrogen-bond donors (Lipinski definition) is 0. The van der Waals surface area contributed by atoms with Crippen LogP contribution >= 0.6 is 23.1 Å². The number of allylic oxidation sites excluding steroid dienone is 3. The van der Waals surface area contributed by atoms with E-state index in [1.807, 2.05) is 30.3 Å². The normalized spacial score (nSPS) is 15.9. The van der Waals surface area contributed by atoms with Gasteiger partial charge in [0.1, 0.15) is 11.0 Å². The number of rotatable bonds is 4. The summed E-state index contributed by atoms with van der Waals surface area (Å²) in [6, 6.07) is 43.2. The predicted molar refractivity (Wildman–Crippen MR) is 211 cm³/mol. The molecule has 52 heavy (non-hydrogen) atoms. The quantitative estimate of drug-likeness (QED) is 0.104. The monoisotopic (exact) mass is 705 g/mol. The van der Waals surface area contributed by atoms with E-state index < -0.39 is 0 Å². The summed E-state index contributed by atoms with van der Waals surface area (Å²) in [6.45, 7) is 12.2. The summed E-state index contributed by atoms with van der Waals surface area (Å²) in [5, 5.41) is 9.73. The van der Waals surface area contributed by atoms with Gasteiger partial charge in [-0.15, -0.1) is 11.3 Å². The zero-order chi connectivity index (χ0) is 35.6. The number of carbonyl (C=O) groups excluding carboxylic acids is 1. The van der Waals surface area contributed by atoms with Crippen molar-refractivity contribution in [2.75, 3.05) is 4.90 Å². The molecule has 6 nitrogen and oxygen atoms in total. The van der Waals surface area contributed by atoms with Gasteiger partial charge < -0.3 is 4.90 Å². The number of thiophene rings is 1. The number of Topliss-reactive ketones (excluding diaryl/α,β-unsaturated/α-hetero) is 1. The van der Waals surface area contributed by atoms with Crippen LogP contribution in [0.5, 0.6) is 0 Å². The van der Waals surface area contributed by atoms with Crippen LogP contribution in [0.4, 0.5) is 17.1 Å². The second kappa shape index (κ2) is 12.1. The van der Waals surface area contributed by atoms with Gasteiger partial charge in [0.15, 0.2) is 5.78 Å². The lowest BCUT2D eigenvalue weighted by molar-refractivity contribution is 0.104. The Morgan fingerprint density at radius 2 is 1.48 bits per heavy atom. The molecule has 0 fully saturated rings. The summed E-state index contributed by atoms with van der Waals surface area (Å²) in [5.74, 6) is -0.184. The van der Waals surface area contributed by atoms with Gasteiger partial charge in [-0.05, 0) is 70.8 Å². The number of nitrogens with zero attached hydrogens (tertiary/aromatic N) is 5. The molecule has 0 radical (unpaired) electrons. The lowest BCUT2D eigenvalue weighted by Crippen LogP contribution is -2.30. The fourth-order valence-electron chi connectivity index (χ4n) is 7.57. The zero-order valence-electron chi connectivity index (χ0n) is 28.1. The lowest BCUT2D eigenvalue weighted by Gasteiger charge is -2.42. The molecule has 0 saturated carbocycles. The van der Waals surface area contributed by atoms with Crippen molar-refractivity contribution in [2.45, 2.75) is 19.3 Å². The highest BCUT2D eigenvalue weighted by atomic mass is 32.1. The molecule has 8 heteroatoms. The minimum atomic E-state index is -0.242. The number of para-hydroxylation sites is 2. The Balaban J connectivity index is 1.12. The highest BCUT2D eigenvalue weighted by Gasteiger charge is 2.37. The molecule has 5 aromatic carbocycles. The third kappa shape index (κ3) is 4.77. The Kier molecular flexibility index (Phi) is 7.34. The number of aromatic nitrogens is 2. The van der Waals surface area contributed by atoms with Crippen LogP contribution in [0.25, 0.3) is 49.1 Å². The van der Waals surface area contributed by atoms with E-state index in [1.54, 1.807) is 24.3 Å². The summed E-state index contributed by atoms with van der Waals surface area (Å²) >= 11 is 2.73. The third-order valence-electron chi connectivity index (χ3n) is 10.1. The maximum Gasteiger partial charge on any atom is 0.270 e. The average molecular weight is 706 g/mol. The van der Waals surface area contributed by atoms with Gasteiger partial charge in [0, 0.05) is 48.7 Å². The molecule has 3 heterocycles. The summed E-state index contributed by atoms with van der Waals surface area (Å²) < 4.78 is 9.57. The number of nitriles is 1. The Morgan fingerprint density at radius 3 is 2.27 bits per heavy atom. The largest absolute Gasteiger partial charge is 0.310 e. The van der Waals surface area contributed by atoms with Crippen molar-refractivity contribution in [3.63, 3.8) is 0 Å². The number of carbonyl (C=O) groups is 1. The molecule has 0 atom stereocenters. The first-order valence-corrected chi connectivity index (χ1v) is 18.3. The fraction of sp³-hybridized carbons (Fsp3) is 0.0682. The van der Waals surface area contributed by atoms with Gasteiger partial charge in [0.05, 0.1) is 35.7 Å². The summed E-state index contributed by atoms with van der Waals surface area (Å²) in [5.41, 5.74) is 12.2. The second-order valence-electron chi connectivity index (χ2n) is 13.2. The van der Waals surface area contributed by atoms with Crippen LogP contribution in [0, 0.1) is 17.9 Å². The number of ketones is 1. The molecule has 2 aliphatic rings. The highest BCUT2D eigenvalue weighted by molar-refractivity contribution is 7.16. The molecular weight excluding hydrogens is 679 g/mol. The average Bonchev–Trinajstić information content (AvgIpc) is 3.92. The number of anilines is 3. The molecule has 246 valence electrons. The van der Waals surface area contributed by atoms with E-state index in [1.165, 1.54) is 39.9 Å². The van der Waals surface area contributed by atoms with Gasteiger partial charge in [0.2, 0.25) is 0 Å². The van der Waals surface area contributed by atoms with Crippen molar-refractivity contribution in [3.8, 4) is 27.6 Å². The molecule has 0 spiro atoms. The van der Waals surface area contributed by atoms with Crippen molar-refractivity contribution < 1.29 is 4.79 Å². The molecule has 0 N–H and O–H groups in total. The summed E-state index contributed by atoms with van der Waals surface area (Å²) in [4.78, 5) is 21.1. The smallest absolute Gasteiger partial charge is 0.270 e. The van der Waals surface area contributed by atoms with E-state index in [-0.39, 0.29) is 16.9 Å². The van der Waals surface area contributed by atoms with Crippen molar-refractivity contribution in [1.82, 2.24) is 8.75 Å². The SMILES string of the molecule is [C-]#[N+]/C(C#N)=C1\C(=C\c2ccc(-c3ccc(-c4ccc5c(c4)C(C)(C)c4ccccc4N5c4ccccc4)c4nsnc34)s2)C(=O)c2ccccc21. The van der Waals surface area contributed by atoms with Crippen LogP contribution in [-0.2, 0) is 5.41 Å². The van der Waals surface area contributed by atoms with Crippen LogP contribution in [0.3, 0.4) is 0 Å². The number of hydrogen-bond acceptors (Lipinski definition) is 7. The van der Waals surface area contributed by atoms with Crippen LogP contribution in [0.15, 0.2) is 133 Å². The topological polar surface area (TPSA) is 74.2 Å². The molecule has 9 rings (SSSR count). The number of benzene rings is 5. The maximum atomic E-state index is 13.5. The van der Waals surface area contributed by atoms with Gasteiger partial charge in [-0.2, -0.15) is 8.75 Å². The first-order valence-electron chi connectivity index (χ1n) is 16.7. The molecule has 1 aliphatic heterocycles. The van der Waals surface area contributed by atoms with Gasteiger partial charge in [-0.3, -0.25) is 4.79 Å². The maximum absolute atomic E-state index is 13.5. The van der Waals surface area contributed by atoms with Crippen LogP contribution in [0.2, 0.25) is 0 Å². The predicted octanol–water partition coefficient (Wildman–Crippen LogP) is 11.6. The molecule has 2 aromatic heterocycles. The van der Waals surface area contributed by atoms with Crippen molar-refractivity contribution in [1.29, 1.82) is 5.26 Å². The Bertz CT molecular complexity index is 2760. The molecular formula is C44H27N5OS2. The van der Waals surface area contributed by atoms with E-state index in [4.69, 9.17) is 15.3 Å². The first kappa shape index (κ1) is 31.5. The standard InChI is InChI=1S/C44H27N5OS2/c1-44(2)34-15-9-10-16-37(34)49(27-11-5-4-6-12-27)38-21-17-26(23-35(38)44)29-19-20-32(42-41(29)47-52-48-42)39-22-18-28(51-39)24-33-40(36(25-45)46-3)30-13-7-8-14-31(30)43(33)50/h4-24H,1-2H3/b33-24-,40-36-. The molecule has 0 saturated heterocycles. The van der Waals surface area contributed by atoms with Crippen molar-refractivity contribution >= 4 is 68.6 Å². The Morgan fingerprint density at radius 1 is 0.788 bits per heavy atom. The zero-order valence-corrected chi connectivity index (χ0v) is 29.7. The minimum Gasteiger partial charge on any atom is -0.310 e. The molecule has 0 unspecified atom stereocenters. The van der Waals surface area contributed by atoms with Gasteiger partial charge in [-0.25, -0.2) is 10.1 Å². The van der Waals surface area contributed by atoms with Crippen LogP contribution in [-0.4, -0.2) is 14.5 Å². The first-order chi connectivity index (χ1) is 25.4. The molecule has 7 aromatic rings. The molecule has 0 amide bonds. The van der Waals surface area contributed by atoms with Crippen LogP contribution in [0.1, 0.15) is 45.8 Å². The number of fused-ring (bicyclic) bond motifs is 4. The van der Waals surface area contributed by atoms with Gasteiger partial charge in [-0.1, -0.05) is 92.7 Å². The highest BCUT2D eigenvalue weighted by Crippen LogP contribution is 2.53. The third-order valence-corrected chi connectivity index (χ3v) is 11.7. The van der Waals surface area contributed by atoms with E-state index in [9.17, 15) is 10.1 Å². The van der Waals surface area contributed by atoms with Gasteiger partial charge in [0.25, 0.3) is 5.70 Å². The Hall–Kier alpha value is -6.45. The van der Waals surface area contributed by atoms with E-state index in [0.29, 0.717) is 22.3 Å². The van der Waals surface area contributed by atoms with E-state index in [0.717, 1.165) is 48.9 Å². The Labute approximate surface area is 309 Å². The van der Waals surface area contributed by atoms with E-state index in [2.05, 4.69) is 102 Å². The van der Waals surface area contributed by atoms with Crippen LogP contribution < -0.4 is 4.90 Å². The van der Waals surface area contributed by atoms with E-state index >= 15 is 0 Å². The minimum absolute atomic E-state index is 0.0882. The lowest BCUT2D eigenvalue weighted by atomic mass is 9.73. The summed E-state index contributed by atoms with van der Waals surface area (Å²) in [7, 11) is 0. The molecule has 1 aliphatic carbocycles. The molecule has 0 bridgehead atoms. The van der Waals surface area contributed by atoms with Crippen molar-refractivity contribution in [2.24, 2.45) is 0 Å². The van der Waals surface area contributed by atoms with Crippen molar-refractivity contribution in [3.05, 3.63) is 171 Å². The van der Waals surface area contributed by atoms with Gasteiger partial charge >= 0.3 is 0 Å².